The highest BCUT2D eigenvalue weighted by atomic mass is 32.2. The molecule has 1 aliphatic rings. The van der Waals surface area contributed by atoms with Crippen molar-refractivity contribution in [2.45, 2.75) is 37.9 Å². The van der Waals surface area contributed by atoms with Crippen molar-refractivity contribution in [2.75, 3.05) is 11.5 Å². The average molecular weight is 342 g/mol. The van der Waals surface area contributed by atoms with Crippen LogP contribution < -0.4 is 11.1 Å². The highest BCUT2D eigenvalue weighted by molar-refractivity contribution is 7.99. The van der Waals surface area contributed by atoms with E-state index in [1.807, 2.05) is 6.92 Å². The van der Waals surface area contributed by atoms with Gasteiger partial charge >= 0.3 is 0 Å². The largest absolute Gasteiger partial charge is 0.384 e. The normalized spacial score (nSPS) is 15.1. The zero-order chi connectivity index (χ0) is 17.1. The highest BCUT2D eigenvalue weighted by Crippen LogP contribution is 2.41. The maximum absolute atomic E-state index is 12.4. The fraction of sp³-hybridized carbons (Fsp3) is 0.389. The molecular formula is C18H22N4OS. The van der Waals surface area contributed by atoms with Crippen LogP contribution in [-0.2, 0) is 4.79 Å². The molecular weight excluding hydrogens is 320 g/mol. The molecule has 3 N–H and O–H groups in total. The van der Waals surface area contributed by atoms with Crippen molar-refractivity contribution in [1.82, 2.24) is 15.3 Å². The first kappa shape index (κ1) is 16.8. The quantitative estimate of drug-likeness (QED) is 0.623. The lowest BCUT2D eigenvalue weighted by Gasteiger charge is -2.19. The molecule has 0 aliphatic heterocycles. The molecule has 0 unspecified atom stereocenters. The number of hydrogen-bond acceptors (Lipinski definition) is 5. The number of benzene rings is 1. The second-order valence-corrected chi connectivity index (χ2v) is 7.24. The Balaban J connectivity index is 1.60. The minimum atomic E-state index is 0.00107. The van der Waals surface area contributed by atoms with Crippen molar-refractivity contribution in [3.05, 3.63) is 47.2 Å². The van der Waals surface area contributed by atoms with Gasteiger partial charge < -0.3 is 11.1 Å². The molecule has 1 heterocycles. The predicted molar refractivity (Wildman–Crippen MR) is 96.7 cm³/mol. The predicted octanol–water partition coefficient (Wildman–Crippen LogP) is 3.04. The van der Waals surface area contributed by atoms with Gasteiger partial charge in [0.2, 0.25) is 5.91 Å². The molecule has 2 aromatic rings. The maximum atomic E-state index is 12.4. The summed E-state index contributed by atoms with van der Waals surface area (Å²) in [7, 11) is 0. The number of anilines is 1. The van der Waals surface area contributed by atoms with Gasteiger partial charge in [0.25, 0.3) is 0 Å². The summed E-state index contributed by atoms with van der Waals surface area (Å²) < 4.78 is 0. The van der Waals surface area contributed by atoms with Gasteiger partial charge in [-0.05, 0) is 38.2 Å². The smallest absolute Gasteiger partial charge is 0.230 e. The van der Waals surface area contributed by atoms with Gasteiger partial charge in [0.05, 0.1) is 11.8 Å². The molecule has 0 radical (unpaired) electrons. The van der Waals surface area contributed by atoms with E-state index in [-0.39, 0.29) is 17.7 Å². The summed E-state index contributed by atoms with van der Waals surface area (Å²) in [6.07, 6.45) is 2.34. The first-order chi connectivity index (χ1) is 11.5. The Morgan fingerprint density at radius 3 is 2.62 bits per heavy atom. The summed E-state index contributed by atoms with van der Waals surface area (Å²) in [6.45, 7) is 3.93. The van der Waals surface area contributed by atoms with Crippen molar-refractivity contribution >= 4 is 23.5 Å². The van der Waals surface area contributed by atoms with Gasteiger partial charge in [-0.15, -0.1) is 0 Å². The molecule has 1 amide bonds. The molecule has 5 nitrogen and oxygen atoms in total. The van der Waals surface area contributed by atoms with Crippen LogP contribution in [0.25, 0.3) is 0 Å². The molecule has 1 saturated carbocycles. The molecule has 1 aromatic heterocycles. The summed E-state index contributed by atoms with van der Waals surface area (Å²) in [5.41, 5.74) is 8.93. The Bertz CT molecular complexity index is 708. The Morgan fingerprint density at radius 2 is 2.00 bits per heavy atom. The van der Waals surface area contributed by atoms with Crippen molar-refractivity contribution in [1.29, 1.82) is 0 Å². The molecule has 6 heteroatoms. The van der Waals surface area contributed by atoms with E-state index >= 15 is 0 Å². The molecule has 1 fully saturated rings. The summed E-state index contributed by atoms with van der Waals surface area (Å²) in [5.74, 6) is 1.27. The van der Waals surface area contributed by atoms with Crippen molar-refractivity contribution in [2.24, 2.45) is 5.92 Å². The van der Waals surface area contributed by atoms with Crippen LogP contribution in [0.2, 0.25) is 0 Å². The topological polar surface area (TPSA) is 80.9 Å². The van der Waals surface area contributed by atoms with E-state index < -0.39 is 0 Å². The van der Waals surface area contributed by atoms with Crippen molar-refractivity contribution in [3.8, 4) is 0 Å². The Labute approximate surface area is 146 Å². The van der Waals surface area contributed by atoms with Gasteiger partial charge in [-0.1, -0.05) is 41.6 Å². The number of nitrogens with one attached hydrogen (secondary N) is 1. The second-order valence-electron chi connectivity index (χ2n) is 6.30. The first-order valence-corrected chi connectivity index (χ1v) is 9.10. The van der Waals surface area contributed by atoms with Gasteiger partial charge in [0.15, 0.2) is 5.16 Å². The third-order valence-electron chi connectivity index (χ3n) is 4.03. The SMILES string of the molecule is Cc1ccc([C@@H](NC(=O)CSc2nc(C)cc(N)n2)C2CC2)cc1. The fourth-order valence-corrected chi connectivity index (χ4v) is 3.37. The van der Waals surface area contributed by atoms with Crippen LogP contribution in [-0.4, -0.2) is 21.6 Å². The lowest BCUT2D eigenvalue weighted by Crippen LogP contribution is -2.31. The van der Waals surface area contributed by atoms with Crippen LogP contribution in [0, 0.1) is 19.8 Å². The van der Waals surface area contributed by atoms with Crippen LogP contribution in [0.3, 0.4) is 0 Å². The zero-order valence-electron chi connectivity index (χ0n) is 14.0. The van der Waals surface area contributed by atoms with E-state index in [0.717, 1.165) is 5.69 Å². The van der Waals surface area contributed by atoms with Gasteiger partial charge in [-0.3, -0.25) is 4.79 Å². The number of hydrogen-bond donors (Lipinski definition) is 2. The van der Waals surface area contributed by atoms with E-state index in [1.165, 1.54) is 35.7 Å². The van der Waals surface area contributed by atoms with E-state index in [1.54, 1.807) is 6.07 Å². The average Bonchev–Trinajstić information content (AvgIpc) is 3.35. The first-order valence-electron chi connectivity index (χ1n) is 8.11. The number of thioether (sulfide) groups is 1. The van der Waals surface area contributed by atoms with Crippen LogP contribution in [0.1, 0.15) is 35.7 Å². The molecule has 1 aliphatic carbocycles. The van der Waals surface area contributed by atoms with Gasteiger partial charge in [-0.2, -0.15) is 0 Å². The van der Waals surface area contributed by atoms with Gasteiger partial charge in [0.1, 0.15) is 5.82 Å². The molecule has 1 aromatic carbocycles. The molecule has 1 atom stereocenters. The molecule has 3 rings (SSSR count). The number of aromatic nitrogens is 2. The maximum Gasteiger partial charge on any atom is 0.230 e. The Hall–Kier alpha value is -2.08. The van der Waals surface area contributed by atoms with Crippen LogP contribution >= 0.6 is 11.8 Å². The molecule has 0 bridgehead atoms. The van der Waals surface area contributed by atoms with Crippen molar-refractivity contribution in [3.63, 3.8) is 0 Å². The van der Waals surface area contributed by atoms with Crippen LogP contribution in [0.15, 0.2) is 35.5 Å². The van der Waals surface area contributed by atoms with Gasteiger partial charge in [0, 0.05) is 11.8 Å². The number of amides is 1. The van der Waals surface area contributed by atoms with Crippen LogP contribution in [0.4, 0.5) is 5.82 Å². The lowest BCUT2D eigenvalue weighted by atomic mass is 10.0. The number of nitrogens with two attached hydrogens (primary N) is 1. The number of carbonyl (C=O) groups excluding carboxylic acids is 1. The third-order valence-corrected chi connectivity index (χ3v) is 4.88. The zero-order valence-corrected chi connectivity index (χ0v) is 14.8. The standard InChI is InChI=1S/C18H22N4OS/c1-11-3-5-13(6-4-11)17(14-7-8-14)22-16(23)10-24-18-20-12(2)9-15(19)21-18/h3-6,9,14,17H,7-8,10H2,1-2H3,(H,22,23)(H2,19,20,21)/t17-/m1/s1. The third kappa shape index (κ3) is 4.47. The van der Waals surface area contributed by atoms with E-state index in [2.05, 4.69) is 46.5 Å². The number of rotatable bonds is 6. The molecule has 0 saturated heterocycles. The minimum Gasteiger partial charge on any atom is -0.384 e. The second kappa shape index (κ2) is 7.21. The summed E-state index contributed by atoms with van der Waals surface area (Å²) in [4.78, 5) is 20.8. The monoisotopic (exact) mass is 342 g/mol. The Kier molecular flexibility index (Phi) is 5.04. The summed E-state index contributed by atoms with van der Waals surface area (Å²) >= 11 is 1.31. The number of nitrogen functional groups attached to an aromatic ring is 1. The number of nitrogens with zero attached hydrogens (tertiary/aromatic N) is 2. The minimum absolute atomic E-state index is 0.00107. The highest BCUT2D eigenvalue weighted by Gasteiger charge is 2.33. The van der Waals surface area contributed by atoms with Crippen molar-refractivity contribution < 1.29 is 4.79 Å². The molecule has 126 valence electrons. The van der Waals surface area contributed by atoms with E-state index in [4.69, 9.17) is 5.73 Å². The van der Waals surface area contributed by atoms with E-state index in [9.17, 15) is 4.79 Å². The lowest BCUT2D eigenvalue weighted by molar-refractivity contribution is -0.119. The fourth-order valence-electron chi connectivity index (χ4n) is 2.65. The summed E-state index contributed by atoms with van der Waals surface area (Å²) in [5, 5.41) is 3.71. The molecule has 0 spiro atoms. The number of aryl methyl sites for hydroxylation is 2. The number of carbonyl (C=O) groups is 1. The van der Waals surface area contributed by atoms with Crippen LogP contribution in [0.5, 0.6) is 0 Å². The summed E-state index contributed by atoms with van der Waals surface area (Å²) in [6, 6.07) is 10.2. The molecule has 24 heavy (non-hydrogen) atoms. The van der Waals surface area contributed by atoms with Gasteiger partial charge in [-0.25, -0.2) is 9.97 Å². The Morgan fingerprint density at radius 1 is 1.29 bits per heavy atom. The van der Waals surface area contributed by atoms with E-state index in [0.29, 0.717) is 16.9 Å².